The second kappa shape index (κ2) is 7.85. The van der Waals surface area contributed by atoms with Crippen molar-refractivity contribution in [2.75, 3.05) is 6.67 Å². The standard InChI is InChI=1S/C11H19F5/c1-7(3-4-10(13)14)5-9(6-12)8(2)11(15)16/h7-11H,3-6H2,1-2H3. The fourth-order valence-electron chi connectivity index (χ4n) is 1.67. The maximum atomic E-state index is 12.5. The topological polar surface area (TPSA) is 0 Å². The second-order valence-electron chi connectivity index (χ2n) is 4.42. The minimum absolute atomic E-state index is 0.143. The molecule has 0 aromatic rings. The van der Waals surface area contributed by atoms with E-state index < -0.39 is 31.4 Å². The summed E-state index contributed by atoms with van der Waals surface area (Å²) < 4.78 is 61.0. The van der Waals surface area contributed by atoms with Crippen LogP contribution in [0.4, 0.5) is 22.0 Å². The molecule has 98 valence electrons. The van der Waals surface area contributed by atoms with Gasteiger partial charge in [0.1, 0.15) is 0 Å². The molecule has 0 rings (SSSR count). The van der Waals surface area contributed by atoms with Gasteiger partial charge in [-0.15, -0.1) is 0 Å². The lowest BCUT2D eigenvalue weighted by Crippen LogP contribution is -2.23. The van der Waals surface area contributed by atoms with Crippen molar-refractivity contribution >= 4 is 0 Å². The fourth-order valence-corrected chi connectivity index (χ4v) is 1.67. The molecule has 0 aromatic heterocycles. The van der Waals surface area contributed by atoms with Crippen LogP contribution in [0.25, 0.3) is 0 Å². The van der Waals surface area contributed by atoms with Crippen LogP contribution in [-0.2, 0) is 0 Å². The summed E-state index contributed by atoms with van der Waals surface area (Å²) >= 11 is 0. The predicted octanol–water partition coefficient (Wildman–Crippen LogP) is 4.54. The van der Waals surface area contributed by atoms with Crippen molar-refractivity contribution in [1.82, 2.24) is 0 Å². The summed E-state index contributed by atoms with van der Waals surface area (Å²) in [7, 11) is 0. The van der Waals surface area contributed by atoms with E-state index in [9.17, 15) is 22.0 Å². The normalized spacial score (nSPS) is 17.8. The highest BCUT2D eigenvalue weighted by Gasteiger charge is 2.27. The van der Waals surface area contributed by atoms with Crippen LogP contribution in [0.15, 0.2) is 0 Å². The largest absolute Gasteiger partial charge is 0.251 e. The molecule has 0 aliphatic rings. The van der Waals surface area contributed by atoms with E-state index in [1.165, 1.54) is 6.92 Å². The Morgan fingerprint density at radius 1 is 0.938 bits per heavy atom. The van der Waals surface area contributed by atoms with Crippen molar-refractivity contribution in [2.24, 2.45) is 17.8 Å². The Morgan fingerprint density at radius 3 is 1.88 bits per heavy atom. The Labute approximate surface area is 93.2 Å². The van der Waals surface area contributed by atoms with Crippen LogP contribution >= 0.6 is 0 Å². The fraction of sp³-hybridized carbons (Fsp3) is 1.00. The van der Waals surface area contributed by atoms with Crippen molar-refractivity contribution in [1.29, 1.82) is 0 Å². The van der Waals surface area contributed by atoms with Crippen molar-refractivity contribution in [3.05, 3.63) is 0 Å². The molecule has 0 saturated heterocycles. The number of rotatable bonds is 8. The minimum atomic E-state index is -2.55. The highest BCUT2D eigenvalue weighted by atomic mass is 19.3. The molecule has 0 fully saturated rings. The van der Waals surface area contributed by atoms with Crippen LogP contribution in [0.2, 0.25) is 0 Å². The van der Waals surface area contributed by atoms with Gasteiger partial charge in [-0.3, -0.25) is 4.39 Å². The van der Waals surface area contributed by atoms with Gasteiger partial charge in [0, 0.05) is 12.3 Å². The number of hydrogen-bond acceptors (Lipinski definition) is 0. The van der Waals surface area contributed by atoms with Gasteiger partial charge in [0.05, 0.1) is 6.67 Å². The molecule has 0 amide bonds. The minimum Gasteiger partial charge on any atom is -0.251 e. The summed E-state index contributed by atoms with van der Waals surface area (Å²) in [6.45, 7) is 2.18. The van der Waals surface area contributed by atoms with E-state index in [1.807, 2.05) is 0 Å². The predicted molar refractivity (Wildman–Crippen MR) is 53.7 cm³/mol. The highest BCUT2D eigenvalue weighted by Crippen LogP contribution is 2.28. The zero-order valence-electron chi connectivity index (χ0n) is 9.61. The number of alkyl halides is 5. The Bertz CT molecular complexity index is 172. The average Bonchev–Trinajstić information content (AvgIpc) is 2.21. The molecule has 0 bridgehead atoms. The van der Waals surface area contributed by atoms with Gasteiger partial charge in [0.15, 0.2) is 0 Å². The molecule has 3 unspecified atom stereocenters. The lowest BCUT2D eigenvalue weighted by molar-refractivity contribution is 0.0364. The summed E-state index contributed by atoms with van der Waals surface area (Å²) in [6, 6.07) is 0. The van der Waals surface area contributed by atoms with E-state index in [0.717, 1.165) is 0 Å². The van der Waals surface area contributed by atoms with Gasteiger partial charge in [-0.2, -0.15) is 0 Å². The van der Waals surface area contributed by atoms with Gasteiger partial charge >= 0.3 is 0 Å². The maximum Gasteiger partial charge on any atom is 0.241 e. The molecular formula is C11H19F5. The molecule has 0 radical (unpaired) electrons. The third kappa shape index (κ3) is 6.28. The van der Waals surface area contributed by atoms with Gasteiger partial charge in [0.25, 0.3) is 0 Å². The third-order valence-corrected chi connectivity index (χ3v) is 2.92. The Hall–Kier alpha value is -0.350. The van der Waals surface area contributed by atoms with Crippen LogP contribution < -0.4 is 0 Å². The molecule has 16 heavy (non-hydrogen) atoms. The van der Waals surface area contributed by atoms with Crippen molar-refractivity contribution in [3.63, 3.8) is 0 Å². The third-order valence-electron chi connectivity index (χ3n) is 2.92. The van der Waals surface area contributed by atoms with Crippen LogP contribution in [0.5, 0.6) is 0 Å². The highest BCUT2D eigenvalue weighted by molar-refractivity contribution is 4.71. The van der Waals surface area contributed by atoms with E-state index in [0.29, 0.717) is 0 Å². The van der Waals surface area contributed by atoms with E-state index in [1.54, 1.807) is 6.92 Å². The van der Waals surface area contributed by atoms with Crippen molar-refractivity contribution in [3.8, 4) is 0 Å². The zero-order valence-corrected chi connectivity index (χ0v) is 9.61. The first-order valence-corrected chi connectivity index (χ1v) is 5.50. The zero-order chi connectivity index (χ0) is 12.7. The number of hydrogen-bond donors (Lipinski definition) is 0. The van der Waals surface area contributed by atoms with E-state index in [2.05, 4.69) is 0 Å². The van der Waals surface area contributed by atoms with Crippen LogP contribution in [-0.4, -0.2) is 19.5 Å². The molecule has 0 spiro atoms. The average molecular weight is 246 g/mol. The van der Waals surface area contributed by atoms with E-state index >= 15 is 0 Å². The first kappa shape index (κ1) is 15.7. The van der Waals surface area contributed by atoms with Gasteiger partial charge in [-0.1, -0.05) is 13.8 Å². The SMILES string of the molecule is CC(CCC(F)F)CC(CF)C(C)C(F)F. The Balaban J connectivity index is 4.01. The van der Waals surface area contributed by atoms with Crippen LogP contribution in [0.1, 0.15) is 33.1 Å². The first-order valence-electron chi connectivity index (χ1n) is 5.50. The smallest absolute Gasteiger partial charge is 0.241 e. The van der Waals surface area contributed by atoms with Gasteiger partial charge in [-0.25, -0.2) is 17.6 Å². The molecule has 0 aliphatic carbocycles. The van der Waals surface area contributed by atoms with Crippen LogP contribution in [0.3, 0.4) is 0 Å². The quantitative estimate of drug-likeness (QED) is 0.551. The monoisotopic (exact) mass is 246 g/mol. The molecule has 3 atom stereocenters. The Kier molecular flexibility index (Phi) is 7.68. The van der Waals surface area contributed by atoms with Crippen molar-refractivity contribution < 1.29 is 22.0 Å². The molecular weight excluding hydrogens is 227 g/mol. The molecule has 0 heterocycles. The van der Waals surface area contributed by atoms with Gasteiger partial charge in [-0.05, 0) is 24.7 Å². The van der Waals surface area contributed by atoms with Gasteiger partial charge < -0.3 is 0 Å². The molecule has 0 saturated carbocycles. The summed E-state index contributed by atoms with van der Waals surface area (Å²) in [5.74, 6) is -1.89. The first-order chi connectivity index (χ1) is 7.38. The Morgan fingerprint density at radius 2 is 1.50 bits per heavy atom. The molecule has 0 N–H and O–H groups in total. The molecule has 0 aliphatic heterocycles. The summed E-state index contributed by atoms with van der Waals surface area (Å²) in [5, 5.41) is 0. The molecule has 5 heteroatoms. The van der Waals surface area contributed by atoms with E-state index in [-0.39, 0.29) is 25.2 Å². The van der Waals surface area contributed by atoms with Crippen molar-refractivity contribution in [2.45, 2.75) is 46.0 Å². The lowest BCUT2D eigenvalue weighted by Gasteiger charge is -2.23. The molecule has 0 nitrogen and oxygen atoms in total. The summed E-state index contributed by atoms with van der Waals surface area (Å²) in [4.78, 5) is 0. The second-order valence-corrected chi connectivity index (χ2v) is 4.42. The van der Waals surface area contributed by atoms with E-state index in [4.69, 9.17) is 0 Å². The molecule has 0 aromatic carbocycles. The van der Waals surface area contributed by atoms with Gasteiger partial charge in [0.2, 0.25) is 12.9 Å². The summed E-state index contributed by atoms with van der Waals surface area (Å²) in [6.07, 6.45) is -4.68. The van der Waals surface area contributed by atoms with Crippen LogP contribution in [0, 0.1) is 17.8 Å². The maximum absolute atomic E-state index is 12.5. The lowest BCUT2D eigenvalue weighted by atomic mass is 9.85. The summed E-state index contributed by atoms with van der Waals surface area (Å²) in [5.41, 5.74) is 0. The number of halogens is 5.